The van der Waals surface area contributed by atoms with E-state index in [-0.39, 0.29) is 29.4 Å². The van der Waals surface area contributed by atoms with E-state index in [1.807, 2.05) is 6.92 Å². The summed E-state index contributed by atoms with van der Waals surface area (Å²) in [5.74, 6) is -1.71. The van der Waals surface area contributed by atoms with E-state index in [0.29, 0.717) is 11.5 Å². The molecule has 0 bridgehead atoms. The van der Waals surface area contributed by atoms with Gasteiger partial charge in [0.15, 0.2) is 0 Å². The first-order chi connectivity index (χ1) is 10.3. The molecule has 0 radical (unpaired) electrons. The molecule has 0 saturated carbocycles. The number of benzene rings is 1. The summed E-state index contributed by atoms with van der Waals surface area (Å²) >= 11 is 0. The Hall–Kier alpha value is -1.44. The van der Waals surface area contributed by atoms with E-state index in [0.717, 1.165) is 6.42 Å². The molecule has 2 rings (SSSR count). The van der Waals surface area contributed by atoms with Gasteiger partial charge < -0.3 is 0 Å². The summed E-state index contributed by atoms with van der Waals surface area (Å²) in [6.45, 7) is 1.83. The number of carbonyl (C=O) groups excluding carboxylic acids is 2. The molecule has 0 spiro atoms. The monoisotopic (exact) mass is 345 g/mol. The predicted octanol–water partition coefficient (Wildman–Crippen LogP) is 2.20. The number of hydrogen-bond donors (Lipinski definition) is 0. The summed E-state index contributed by atoms with van der Waals surface area (Å²) in [5.41, 5.74) is 0.564. The lowest BCUT2D eigenvalue weighted by atomic mass is 10.1. The van der Waals surface area contributed by atoms with Crippen molar-refractivity contribution in [1.82, 2.24) is 5.06 Å². The van der Waals surface area contributed by atoms with Crippen molar-refractivity contribution < 1.29 is 22.8 Å². The fourth-order valence-corrected chi connectivity index (χ4v) is 3.73. The van der Waals surface area contributed by atoms with Gasteiger partial charge in [0.2, 0.25) is 9.05 Å². The summed E-state index contributed by atoms with van der Waals surface area (Å²) in [4.78, 5) is 29.5. The minimum atomic E-state index is -3.67. The highest BCUT2D eigenvalue weighted by Gasteiger charge is 2.37. The fourth-order valence-electron chi connectivity index (χ4n) is 2.37. The zero-order chi connectivity index (χ0) is 16.3. The molecule has 1 aromatic carbocycles. The van der Waals surface area contributed by atoms with E-state index in [1.54, 1.807) is 24.3 Å². The molecule has 0 aliphatic carbocycles. The third kappa shape index (κ3) is 3.85. The van der Waals surface area contributed by atoms with Gasteiger partial charge in [0.25, 0.3) is 11.8 Å². The number of hydrogen-bond acceptors (Lipinski definition) is 5. The lowest BCUT2D eigenvalue weighted by Gasteiger charge is -2.18. The summed E-state index contributed by atoms with van der Waals surface area (Å²) in [6, 6.07) is 6.41. The van der Waals surface area contributed by atoms with Crippen LogP contribution in [-0.2, 0) is 13.9 Å². The van der Waals surface area contributed by atoms with Crippen molar-refractivity contribution >= 4 is 31.5 Å². The van der Waals surface area contributed by atoms with Crippen LogP contribution in [0.5, 0.6) is 0 Å². The zero-order valence-corrected chi connectivity index (χ0v) is 13.6. The number of carbonyl (C=O) groups is 2. The van der Waals surface area contributed by atoms with Crippen LogP contribution in [0.3, 0.4) is 0 Å². The van der Waals surface area contributed by atoms with Crippen LogP contribution in [0.2, 0.25) is 0 Å². The van der Waals surface area contributed by atoms with Crippen LogP contribution in [-0.4, -0.2) is 37.7 Å². The number of halogens is 1. The van der Waals surface area contributed by atoms with Crippen molar-refractivity contribution in [2.75, 3.05) is 12.4 Å². The molecule has 1 aliphatic rings. The van der Waals surface area contributed by atoms with Gasteiger partial charge in [-0.25, -0.2) is 8.42 Å². The van der Waals surface area contributed by atoms with Gasteiger partial charge in [-0.05, 0) is 18.6 Å². The van der Waals surface area contributed by atoms with Gasteiger partial charge >= 0.3 is 0 Å². The second-order valence-corrected chi connectivity index (χ2v) is 7.93. The van der Waals surface area contributed by atoms with E-state index in [9.17, 15) is 18.0 Å². The molecule has 22 heavy (non-hydrogen) atoms. The summed E-state index contributed by atoms with van der Waals surface area (Å²) in [7, 11) is 1.59. The van der Waals surface area contributed by atoms with Crippen LogP contribution < -0.4 is 0 Å². The van der Waals surface area contributed by atoms with Crippen LogP contribution in [0, 0.1) is 5.92 Å². The average molecular weight is 346 g/mol. The molecule has 120 valence electrons. The summed E-state index contributed by atoms with van der Waals surface area (Å²) in [5, 5.41) is 0.689. The fraction of sp³-hybridized carbons (Fsp3) is 0.429. The number of rotatable bonds is 7. The highest BCUT2D eigenvalue weighted by Crippen LogP contribution is 2.23. The lowest BCUT2D eigenvalue weighted by molar-refractivity contribution is -0.101. The molecule has 2 amide bonds. The zero-order valence-electron chi connectivity index (χ0n) is 12.0. The van der Waals surface area contributed by atoms with Gasteiger partial charge in [0, 0.05) is 16.6 Å². The maximum atomic E-state index is 12.1. The molecule has 1 atom stereocenters. The second-order valence-electron chi connectivity index (χ2n) is 5.11. The Morgan fingerprint density at radius 1 is 1.18 bits per heavy atom. The third-order valence-corrected chi connectivity index (χ3v) is 4.58. The van der Waals surface area contributed by atoms with Crippen LogP contribution in [0.4, 0.5) is 0 Å². The lowest BCUT2D eigenvalue weighted by Crippen LogP contribution is -2.33. The van der Waals surface area contributed by atoms with Gasteiger partial charge in [-0.15, -0.1) is 5.06 Å². The Kier molecular flexibility index (Phi) is 5.20. The largest absolute Gasteiger partial charge is 0.285 e. The average Bonchev–Trinajstić information content (AvgIpc) is 2.68. The molecule has 6 nitrogen and oxygen atoms in total. The van der Waals surface area contributed by atoms with Crippen molar-refractivity contribution in [1.29, 1.82) is 0 Å². The SMILES string of the molecule is CCCC(CON1C(=O)c2ccccc2C1=O)CS(=O)(=O)Cl. The van der Waals surface area contributed by atoms with E-state index in [1.165, 1.54) is 0 Å². The van der Waals surface area contributed by atoms with E-state index >= 15 is 0 Å². The number of nitrogens with zero attached hydrogens (tertiary/aromatic N) is 1. The van der Waals surface area contributed by atoms with E-state index < -0.39 is 20.9 Å². The van der Waals surface area contributed by atoms with Crippen molar-refractivity contribution in [3.63, 3.8) is 0 Å². The minimum Gasteiger partial charge on any atom is -0.266 e. The van der Waals surface area contributed by atoms with Crippen LogP contribution >= 0.6 is 10.7 Å². The molecular formula is C14H16ClNO5S. The summed E-state index contributed by atoms with van der Waals surface area (Å²) in [6.07, 6.45) is 1.30. The molecule has 0 fully saturated rings. The molecule has 0 aromatic heterocycles. The molecule has 1 aromatic rings. The van der Waals surface area contributed by atoms with Crippen LogP contribution in [0.25, 0.3) is 0 Å². The molecule has 0 N–H and O–H groups in total. The van der Waals surface area contributed by atoms with Crippen molar-refractivity contribution in [3.8, 4) is 0 Å². The Morgan fingerprint density at radius 3 is 2.18 bits per heavy atom. The Labute approximate surface area is 133 Å². The third-order valence-electron chi connectivity index (χ3n) is 3.33. The van der Waals surface area contributed by atoms with Gasteiger partial charge in [-0.2, -0.15) is 0 Å². The number of amides is 2. The smallest absolute Gasteiger partial charge is 0.266 e. The van der Waals surface area contributed by atoms with Gasteiger partial charge in [0.1, 0.15) is 0 Å². The van der Waals surface area contributed by atoms with Crippen LogP contribution in [0.15, 0.2) is 24.3 Å². The molecule has 1 aliphatic heterocycles. The highest BCUT2D eigenvalue weighted by molar-refractivity contribution is 8.13. The van der Waals surface area contributed by atoms with E-state index in [2.05, 4.69) is 0 Å². The van der Waals surface area contributed by atoms with Gasteiger partial charge in [-0.1, -0.05) is 25.5 Å². The first-order valence-corrected chi connectivity index (χ1v) is 9.34. The first-order valence-electron chi connectivity index (χ1n) is 6.86. The number of imide groups is 1. The summed E-state index contributed by atoms with van der Waals surface area (Å²) < 4.78 is 22.4. The standard InChI is InChI=1S/C14H16ClNO5S/c1-2-5-10(9-22(15,19)20)8-21-16-13(17)11-6-3-4-7-12(11)14(16)18/h3-4,6-7,10H,2,5,8-9H2,1H3. The number of fused-ring (bicyclic) bond motifs is 1. The predicted molar refractivity (Wildman–Crippen MR) is 80.9 cm³/mol. The van der Waals surface area contributed by atoms with Crippen molar-refractivity contribution in [2.45, 2.75) is 19.8 Å². The molecular weight excluding hydrogens is 330 g/mol. The van der Waals surface area contributed by atoms with E-state index in [4.69, 9.17) is 15.5 Å². The molecule has 1 unspecified atom stereocenters. The minimum absolute atomic E-state index is 0.0642. The maximum absolute atomic E-state index is 12.1. The topological polar surface area (TPSA) is 80.8 Å². The molecule has 1 heterocycles. The number of hydroxylamine groups is 2. The van der Waals surface area contributed by atoms with Gasteiger partial charge in [-0.3, -0.25) is 14.4 Å². The quantitative estimate of drug-likeness (QED) is 0.559. The van der Waals surface area contributed by atoms with Crippen molar-refractivity contribution in [3.05, 3.63) is 35.4 Å². The van der Waals surface area contributed by atoms with Gasteiger partial charge in [0.05, 0.1) is 23.5 Å². The Balaban J connectivity index is 2.05. The van der Waals surface area contributed by atoms with Crippen molar-refractivity contribution in [2.24, 2.45) is 5.92 Å². The molecule has 8 heteroatoms. The molecule has 0 saturated heterocycles. The first kappa shape index (κ1) is 16.9. The Bertz CT molecular complexity index is 653. The highest BCUT2D eigenvalue weighted by atomic mass is 35.7. The maximum Gasteiger partial charge on any atom is 0.285 e. The normalized spacial score (nSPS) is 16.0. The van der Waals surface area contributed by atoms with Crippen LogP contribution in [0.1, 0.15) is 40.5 Å². The Morgan fingerprint density at radius 2 is 1.73 bits per heavy atom. The second kappa shape index (κ2) is 6.76.